The fourth-order valence-electron chi connectivity index (χ4n) is 2.77. The summed E-state index contributed by atoms with van der Waals surface area (Å²) in [5.74, 6) is -1.06. The second-order valence-electron chi connectivity index (χ2n) is 5.44. The summed E-state index contributed by atoms with van der Waals surface area (Å²) in [6, 6.07) is 3.63. The van der Waals surface area contributed by atoms with E-state index in [1.54, 1.807) is 4.90 Å². The molecular weight excluding hydrogens is 289 g/mol. The van der Waals surface area contributed by atoms with Gasteiger partial charge in [-0.25, -0.2) is 14.1 Å². The number of carbonyl (C=O) groups excluding carboxylic acids is 3. The largest absolute Gasteiger partial charge is 0.343 e. The van der Waals surface area contributed by atoms with E-state index in [2.05, 4.69) is 5.32 Å². The van der Waals surface area contributed by atoms with Crippen LogP contribution in [0.15, 0.2) is 24.3 Å². The van der Waals surface area contributed by atoms with E-state index in [-0.39, 0.29) is 12.3 Å². The quantitative estimate of drug-likeness (QED) is 0.855. The van der Waals surface area contributed by atoms with Gasteiger partial charge in [-0.15, -0.1) is 0 Å². The monoisotopic (exact) mass is 305 g/mol. The average molecular weight is 305 g/mol. The fraction of sp³-hybridized carbons (Fsp3) is 0.400. The van der Waals surface area contributed by atoms with Crippen molar-refractivity contribution in [2.75, 3.05) is 18.0 Å². The highest BCUT2D eigenvalue weighted by Crippen LogP contribution is 2.21. The predicted molar refractivity (Wildman–Crippen MR) is 76.6 cm³/mol. The van der Waals surface area contributed by atoms with Gasteiger partial charge in [0.15, 0.2) is 0 Å². The van der Waals surface area contributed by atoms with Crippen LogP contribution in [0.2, 0.25) is 0 Å². The fourth-order valence-corrected chi connectivity index (χ4v) is 2.77. The second-order valence-corrected chi connectivity index (χ2v) is 5.44. The Hall–Kier alpha value is -2.44. The zero-order valence-corrected chi connectivity index (χ0v) is 11.9. The Kier molecular flexibility index (Phi) is 3.79. The number of benzene rings is 1. The van der Waals surface area contributed by atoms with Crippen LogP contribution in [0.4, 0.5) is 14.9 Å². The molecule has 1 atom stereocenters. The second kappa shape index (κ2) is 5.75. The van der Waals surface area contributed by atoms with Gasteiger partial charge in [-0.05, 0) is 37.1 Å². The van der Waals surface area contributed by atoms with E-state index < -0.39 is 23.8 Å². The minimum atomic E-state index is -0.856. The Labute approximate surface area is 126 Å². The summed E-state index contributed by atoms with van der Waals surface area (Å²) in [6.45, 7) is 1.41. The van der Waals surface area contributed by atoms with Gasteiger partial charge in [0.1, 0.15) is 11.9 Å². The number of rotatable bonds is 3. The maximum absolute atomic E-state index is 12.9. The summed E-state index contributed by atoms with van der Waals surface area (Å²) in [7, 11) is 0. The molecule has 7 heteroatoms. The van der Waals surface area contributed by atoms with Gasteiger partial charge in [0.05, 0.1) is 12.1 Å². The lowest BCUT2D eigenvalue weighted by atomic mass is 10.2. The Bertz CT molecular complexity index is 611. The zero-order valence-electron chi connectivity index (χ0n) is 11.9. The molecule has 6 nitrogen and oxygen atoms in total. The molecule has 1 aromatic rings. The van der Waals surface area contributed by atoms with Crippen molar-refractivity contribution >= 4 is 23.5 Å². The van der Waals surface area contributed by atoms with Crippen molar-refractivity contribution in [2.24, 2.45) is 0 Å². The van der Waals surface area contributed by atoms with Crippen LogP contribution in [0.1, 0.15) is 19.3 Å². The number of urea groups is 1. The van der Waals surface area contributed by atoms with Gasteiger partial charge in [0, 0.05) is 13.1 Å². The summed E-state index contributed by atoms with van der Waals surface area (Å²) < 4.78 is 12.9. The molecule has 3 rings (SSSR count). The van der Waals surface area contributed by atoms with Gasteiger partial charge in [0.2, 0.25) is 5.91 Å². The summed E-state index contributed by atoms with van der Waals surface area (Å²) in [5, 5.41) is 2.52. The van der Waals surface area contributed by atoms with Gasteiger partial charge in [-0.1, -0.05) is 0 Å². The van der Waals surface area contributed by atoms with E-state index >= 15 is 0 Å². The maximum Gasteiger partial charge on any atom is 0.329 e. The smallest absolute Gasteiger partial charge is 0.329 e. The molecule has 2 aliphatic rings. The van der Waals surface area contributed by atoms with Crippen LogP contribution in [-0.4, -0.2) is 41.9 Å². The van der Waals surface area contributed by atoms with Crippen LogP contribution in [0, 0.1) is 5.82 Å². The minimum absolute atomic E-state index is 0.0394. The molecule has 22 heavy (non-hydrogen) atoms. The van der Waals surface area contributed by atoms with Crippen molar-refractivity contribution in [3.63, 3.8) is 0 Å². The lowest BCUT2D eigenvalue weighted by molar-refractivity contribution is -0.132. The van der Waals surface area contributed by atoms with Crippen molar-refractivity contribution in [1.82, 2.24) is 10.2 Å². The van der Waals surface area contributed by atoms with Gasteiger partial charge in [-0.2, -0.15) is 0 Å². The number of likely N-dealkylation sites (tertiary alicyclic amines) is 1. The van der Waals surface area contributed by atoms with Crippen molar-refractivity contribution in [1.29, 1.82) is 0 Å². The highest BCUT2D eigenvalue weighted by molar-refractivity contribution is 6.22. The molecule has 0 aliphatic carbocycles. The van der Waals surface area contributed by atoms with Crippen LogP contribution in [-0.2, 0) is 9.59 Å². The number of carbonyl (C=O) groups is 3. The van der Waals surface area contributed by atoms with Crippen molar-refractivity contribution in [2.45, 2.75) is 25.3 Å². The molecular formula is C15H16FN3O3. The molecule has 0 unspecified atom stereocenters. The van der Waals surface area contributed by atoms with Crippen molar-refractivity contribution in [3.05, 3.63) is 30.1 Å². The lowest BCUT2D eigenvalue weighted by Crippen LogP contribution is -2.37. The predicted octanol–water partition coefficient (Wildman–Crippen LogP) is 1.26. The third-order valence-corrected chi connectivity index (χ3v) is 3.94. The molecule has 2 fully saturated rings. The lowest BCUT2D eigenvalue weighted by Gasteiger charge is -2.17. The molecule has 2 saturated heterocycles. The minimum Gasteiger partial charge on any atom is -0.343 e. The summed E-state index contributed by atoms with van der Waals surface area (Å²) in [4.78, 5) is 39.0. The molecule has 0 spiro atoms. The van der Waals surface area contributed by atoms with Gasteiger partial charge >= 0.3 is 6.03 Å². The molecule has 2 aliphatic heterocycles. The molecule has 0 saturated carbocycles. The standard InChI is InChI=1S/C15H16FN3O3/c16-10-3-5-11(6-4-10)19-14(21)12(17-15(19)22)9-13(20)18-7-1-2-8-18/h3-6,12H,1-2,7-9H2,(H,17,22)/t12-/m1/s1. The number of amides is 4. The Balaban J connectivity index is 1.71. The van der Waals surface area contributed by atoms with E-state index in [4.69, 9.17) is 0 Å². The summed E-state index contributed by atoms with van der Waals surface area (Å²) in [6.07, 6.45) is 1.90. The molecule has 0 bridgehead atoms. The molecule has 0 radical (unpaired) electrons. The first kappa shape index (κ1) is 14.5. The van der Waals surface area contributed by atoms with Crippen LogP contribution in [0.25, 0.3) is 0 Å². The SMILES string of the molecule is O=C(C[C@H]1NC(=O)N(c2ccc(F)cc2)C1=O)N1CCCC1. The molecule has 1 N–H and O–H groups in total. The Morgan fingerprint density at radius 1 is 1.18 bits per heavy atom. The zero-order chi connectivity index (χ0) is 15.7. The summed E-state index contributed by atoms with van der Waals surface area (Å²) in [5.41, 5.74) is 0.292. The van der Waals surface area contributed by atoms with Gasteiger partial charge in [-0.3, -0.25) is 9.59 Å². The topological polar surface area (TPSA) is 69.7 Å². The third-order valence-electron chi connectivity index (χ3n) is 3.94. The van der Waals surface area contributed by atoms with Crippen LogP contribution >= 0.6 is 0 Å². The van der Waals surface area contributed by atoms with Crippen LogP contribution in [0.3, 0.4) is 0 Å². The Morgan fingerprint density at radius 2 is 1.82 bits per heavy atom. The first-order valence-electron chi connectivity index (χ1n) is 7.24. The van der Waals surface area contributed by atoms with E-state index in [0.717, 1.165) is 17.7 Å². The van der Waals surface area contributed by atoms with Crippen LogP contribution < -0.4 is 10.2 Å². The van der Waals surface area contributed by atoms with E-state index in [9.17, 15) is 18.8 Å². The van der Waals surface area contributed by atoms with Crippen molar-refractivity contribution < 1.29 is 18.8 Å². The normalized spacial score (nSPS) is 21.4. The van der Waals surface area contributed by atoms with E-state index in [1.165, 1.54) is 24.3 Å². The number of hydrogen-bond acceptors (Lipinski definition) is 3. The summed E-state index contributed by atoms with van der Waals surface area (Å²) >= 11 is 0. The van der Waals surface area contributed by atoms with E-state index in [0.29, 0.717) is 18.8 Å². The Morgan fingerprint density at radius 3 is 2.45 bits per heavy atom. The number of anilines is 1. The molecule has 0 aromatic heterocycles. The van der Waals surface area contributed by atoms with Gasteiger partial charge < -0.3 is 10.2 Å². The molecule has 4 amide bonds. The number of nitrogens with one attached hydrogen (secondary N) is 1. The number of imide groups is 1. The van der Waals surface area contributed by atoms with Crippen molar-refractivity contribution in [3.8, 4) is 0 Å². The molecule has 2 heterocycles. The first-order chi connectivity index (χ1) is 10.6. The van der Waals surface area contributed by atoms with E-state index in [1.807, 2.05) is 0 Å². The maximum atomic E-state index is 12.9. The highest BCUT2D eigenvalue weighted by Gasteiger charge is 2.40. The average Bonchev–Trinajstić information content (AvgIpc) is 3.10. The van der Waals surface area contributed by atoms with Crippen LogP contribution in [0.5, 0.6) is 0 Å². The molecule has 116 valence electrons. The number of halogens is 1. The van der Waals surface area contributed by atoms with Gasteiger partial charge in [0.25, 0.3) is 5.91 Å². The third kappa shape index (κ3) is 2.66. The number of nitrogens with zero attached hydrogens (tertiary/aromatic N) is 2. The molecule has 1 aromatic carbocycles. The first-order valence-corrected chi connectivity index (χ1v) is 7.24. The highest BCUT2D eigenvalue weighted by atomic mass is 19.1. The number of hydrogen-bond donors (Lipinski definition) is 1.